The number of rotatable bonds is 4. The fraction of sp³-hybridized carbons (Fsp3) is 0.222. The highest BCUT2D eigenvalue weighted by molar-refractivity contribution is 9.10. The molecule has 0 saturated carbocycles. The minimum atomic E-state index is -3.25. The van der Waals surface area contributed by atoms with E-state index in [1.165, 1.54) is 12.1 Å². The first-order chi connectivity index (χ1) is 7.84. The van der Waals surface area contributed by atoms with Gasteiger partial charge >= 0.3 is 12.3 Å². The molecule has 1 aromatic carbocycles. The number of nitrogens with zero attached hydrogens (tertiary/aromatic N) is 1. The van der Waals surface area contributed by atoms with Crippen LogP contribution in [0.2, 0.25) is 0 Å². The predicted molar refractivity (Wildman–Crippen MR) is 57.4 cm³/mol. The van der Waals surface area contributed by atoms with Gasteiger partial charge in [-0.05, 0) is 35.0 Å². The zero-order valence-corrected chi connectivity index (χ0v) is 10.0. The molecule has 92 valence electrons. The van der Waals surface area contributed by atoms with Crippen LogP contribution in [0.15, 0.2) is 16.6 Å². The summed E-state index contributed by atoms with van der Waals surface area (Å²) in [6.07, 6.45) is 0. The number of carbonyl (C=O) groups excluding carboxylic acids is 1. The highest BCUT2D eigenvalue weighted by atomic mass is 79.9. The molecule has 0 bridgehead atoms. The maximum absolute atomic E-state index is 12.2. The number of alkyl halides is 2. The van der Waals surface area contributed by atoms with Crippen LogP contribution in [0.5, 0.6) is 5.75 Å². The second-order valence-electron chi connectivity index (χ2n) is 2.96. The van der Waals surface area contributed by atoms with Gasteiger partial charge in [0.2, 0.25) is 5.75 Å². The van der Waals surface area contributed by atoms with Crippen LogP contribution in [0.4, 0.5) is 14.5 Å². The third-order valence-electron chi connectivity index (χ3n) is 1.85. The Morgan fingerprint density at radius 3 is 2.53 bits per heavy atom. The third kappa shape index (κ3) is 2.96. The summed E-state index contributed by atoms with van der Waals surface area (Å²) in [6.45, 7) is -2.15. The van der Waals surface area contributed by atoms with E-state index in [1.54, 1.807) is 0 Å². The Bertz CT molecular complexity index is 478. The molecule has 0 amide bonds. The maximum atomic E-state index is 12.2. The first kappa shape index (κ1) is 13.5. The van der Waals surface area contributed by atoms with Crippen LogP contribution in [0.25, 0.3) is 0 Å². The smallest absolute Gasteiger partial charge is 0.387 e. The summed E-state index contributed by atoms with van der Waals surface area (Å²) in [5, 5.41) is 10.7. The lowest BCUT2D eigenvalue weighted by Crippen LogP contribution is -2.09. The van der Waals surface area contributed by atoms with Crippen LogP contribution >= 0.6 is 15.9 Å². The van der Waals surface area contributed by atoms with Crippen molar-refractivity contribution >= 4 is 27.4 Å². The van der Waals surface area contributed by atoms with Gasteiger partial charge in [-0.1, -0.05) is 0 Å². The number of ether oxygens (including phenoxy) is 1. The topological polar surface area (TPSA) is 69.4 Å². The molecule has 0 unspecified atom stereocenters. The summed E-state index contributed by atoms with van der Waals surface area (Å²) in [5.41, 5.74) is -0.960. The quantitative estimate of drug-likeness (QED) is 0.486. The molecule has 0 radical (unpaired) electrons. The fourth-order valence-corrected chi connectivity index (χ4v) is 1.66. The molecule has 0 saturated heterocycles. The predicted octanol–water partition coefficient (Wildman–Crippen LogP) is 3.16. The third-order valence-corrected chi connectivity index (χ3v) is 2.49. The number of benzene rings is 1. The van der Waals surface area contributed by atoms with Crippen LogP contribution in [0.3, 0.4) is 0 Å². The molecular weight excluding hydrogens is 304 g/mol. The van der Waals surface area contributed by atoms with E-state index in [4.69, 9.17) is 0 Å². The standard InChI is InChI=1S/C9H6BrF2NO4/c1-4(14)5-2-3-6(10)7(13(15)16)8(5)17-9(11)12/h2-3,9H,1H3. The highest BCUT2D eigenvalue weighted by Gasteiger charge is 2.27. The molecular formula is C9H6BrF2NO4. The summed E-state index contributed by atoms with van der Waals surface area (Å²) in [4.78, 5) is 21.0. The van der Waals surface area contributed by atoms with E-state index in [9.17, 15) is 23.7 Å². The molecule has 17 heavy (non-hydrogen) atoms. The minimum Gasteiger partial charge on any atom is -0.427 e. The second-order valence-corrected chi connectivity index (χ2v) is 3.82. The van der Waals surface area contributed by atoms with E-state index >= 15 is 0 Å². The first-order valence-corrected chi connectivity index (χ1v) is 5.06. The lowest BCUT2D eigenvalue weighted by molar-refractivity contribution is -0.387. The molecule has 0 atom stereocenters. The molecule has 5 nitrogen and oxygen atoms in total. The number of hydrogen-bond acceptors (Lipinski definition) is 4. The van der Waals surface area contributed by atoms with Gasteiger partial charge in [-0.3, -0.25) is 14.9 Å². The van der Waals surface area contributed by atoms with Gasteiger partial charge in [0.05, 0.1) is 15.0 Å². The Morgan fingerprint density at radius 2 is 2.12 bits per heavy atom. The Labute approximate surface area is 103 Å². The van der Waals surface area contributed by atoms with Gasteiger partial charge in [0.15, 0.2) is 5.78 Å². The van der Waals surface area contributed by atoms with Crippen LogP contribution in [0.1, 0.15) is 17.3 Å². The normalized spacial score (nSPS) is 10.4. The van der Waals surface area contributed by atoms with E-state index < -0.39 is 28.8 Å². The largest absolute Gasteiger partial charge is 0.427 e. The Hall–Kier alpha value is -1.57. The second kappa shape index (κ2) is 5.17. The van der Waals surface area contributed by atoms with Crippen molar-refractivity contribution in [3.8, 4) is 5.75 Å². The summed E-state index contributed by atoms with van der Waals surface area (Å²) in [5.74, 6) is -1.33. The SMILES string of the molecule is CC(=O)c1ccc(Br)c([N+](=O)[O-])c1OC(F)F. The van der Waals surface area contributed by atoms with E-state index in [2.05, 4.69) is 20.7 Å². The van der Waals surface area contributed by atoms with Crippen molar-refractivity contribution in [3.05, 3.63) is 32.3 Å². The van der Waals surface area contributed by atoms with E-state index in [0.29, 0.717) is 0 Å². The molecule has 0 aromatic heterocycles. The molecule has 0 N–H and O–H groups in total. The number of ketones is 1. The van der Waals surface area contributed by atoms with Gasteiger partial charge in [0.1, 0.15) is 0 Å². The summed E-state index contributed by atoms with van der Waals surface area (Å²) in [7, 11) is 0. The minimum absolute atomic E-state index is 0.0387. The van der Waals surface area contributed by atoms with Gasteiger partial charge in [-0.15, -0.1) is 0 Å². The molecule has 0 fully saturated rings. The molecule has 8 heteroatoms. The molecule has 0 aliphatic rings. The Balaban J connectivity index is 3.49. The summed E-state index contributed by atoms with van der Waals surface area (Å²) < 4.78 is 28.4. The average molecular weight is 310 g/mol. The zero-order chi connectivity index (χ0) is 13.2. The number of nitro benzene ring substituents is 1. The summed E-state index contributed by atoms with van der Waals surface area (Å²) in [6, 6.07) is 2.41. The fourth-order valence-electron chi connectivity index (χ4n) is 1.20. The van der Waals surface area contributed by atoms with Gasteiger partial charge < -0.3 is 4.74 Å². The van der Waals surface area contributed by atoms with Crippen molar-refractivity contribution in [1.29, 1.82) is 0 Å². The zero-order valence-electron chi connectivity index (χ0n) is 8.45. The van der Waals surface area contributed by atoms with Crippen molar-refractivity contribution in [3.63, 3.8) is 0 Å². The van der Waals surface area contributed by atoms with Crippen LogP contribution < -0.4 is 4.74 Å². The lowest BCUT2D eigenvalue weighted by atomic mass is 10.1. The van der Waals surface area contributed by atoms with E-state index in [-0.39, 0.29) is 10.0 Å². The molecule has 0 aliphatic carbocycles. The Kier molecular flexibility index (Phi) is 4.11. The van der Waals surface area contributed by atoms with Gasteiger partial charge in [0.25, 0.3) is 0 Å². The van der Waals surface area contributed by atoms with Crippen molar-refractivity contribution in [1.82, 2.24) is 0 Å². The van der Waals surface area contributed by atoms with E-state index in [0.717, 1.165) is 6.92 Å². The lowest BCUT2D eigenvalue weighted by Gasteiger charge is -2.09. The molecule has 0 aliphatic heterocycles. The number of carbonyl (C=O) groups is 1. The average Bonchev–Trinajstić information content (AvgIpc) is 2.15. The van der Waals surface area contributed by atoms with Crippen LogP contribution in [-0.2, 0) is 0 Å². The monoisotopic (exact) mass is 309 g/mol. The molecule has 0 spiro atoms. The van der Waals surface area contributed by atoms with Crippen LogP contribution in [0, 0.1) is 10.1 Å². The van der Waals surface area contributed by atoms with Crippen molar-refractivity contribution in [2.24, 2.45) is 0 Å². The molecule has 1 aromatic rings. The number of nitro groups is 1. The van der Waals surface area contributed by atoms with Gasteiger partial charge in [-0.25, -0.2) is 0 Å². The van der Waals surface area contributed by atoms with Crippen molar-refractivity contribution in [2.75, 3.05) is 0 Å². The van der Waals surface area contributed by atoms with Crippen molar-refractivity contribution < 1.29 is 23.2 Å². The summed E-state index contributed by atoms with van der Waals surface area (Å²) >= 11 is 2.84. The van der Waals surface area contributed by atoms with Crippen molar-refractivity contribution in [2.45, 2.75) is 13.5 Å². The number of halogens is 3. The van der Waals surface area contributed by atoms with E-state index in [1.807, 2.05) is 0 Å². The van der Waals surface area contributed by atoms with Crippen LogP contribution in [-0.4, -0.2) is 17.3 Å². The highest BCUT2D eigenvalue weighted by Crippen LogP contribution is 2.38. The van der Waals surface area contributed by atoms with Gasteiger partial charge in [-0.2, -0.15) is 8.78 Å². The van der Waals surface area contributed by atoms with Gasteiger partial charge in [0, 0.05) is 0 Å². The molecule has 1 rings (SSSR count). The number of Topliss-reactive ketones (excluding diaryl/α,β-unsaturated/α-hetero) is 1. The maximum Gasteiger partial charge on any atom is 0.387 e. The Morgan fingerprint density at radius 1 is 1.53 bits per heavy atom. The molecule has 0 heterocycles. The number of hydrogen-bond donors (Lipinski definition) is 0. The first-order valence-electron chi connectivity index (χ1n) is 4.27.